The van der Waals surface area contributed by atoms with E-state index in [1.807, 2.05) is 0 Å². The highest BCUT2D eigenvalue weighted by atomic mass is 79.9. The van der Waals surface area contributed by atoms with Crippen molar-refractivity contribution >= 4 is 32.7 Å². The van der Waals surface area contributed by atoms with Gasteiger partial charge in [-0.1, -0.05) is 0 Å². The van der Waals surface area contributed by atoms with Crippen LogP contribution in [0.25, 0.3) is 10.9 Å². The second kappa shape index (κ2) is 5.49. The average Bonchev–Trinajstić information content (AvgIpc) is 2.95. The monoisotopic (exact) mass is 338 g/mol. The number of hydrogen-bond acceptors (Lipinski definition) is 5. The summed E-state index contributed by atoms with van der Waals surface area (Å²) in [5.41, 5.74) is 0.530. The Kier molecular flexibility index (Phi) is 3.71. The van der Waals surface area contributed by atoms with Gasteiger partial charge in [-0.2, -0.15) is 0 Å². The van der Waals surface area contributed by atoms with Crippen molar-refractivity contribution in [2.75, 3.05) is 25.1 Å². The summed E-state index contributed by atoms with van der Waals surface area (Å²) in [6, 6.07) is 0. The Morgan fingerprint density at radius 3 is 3.15 bits per heavy atom. The predicted octanol–water partition coefficient (Wildman–Crippen LogP) is 1.54. The number of halogens is 1. The zero-order chi connectivity index (χ0) is 14.1. The summed E-state index contributed by atoms with van der Waals surface area (Å²) in [4.78, 5) is 20.9. The second-order valence-electron chi connectivity index (χ2n) is 4.95. The Labute approximate surface area is 124 Å². The maximum absolute atomic E-state index is 12.3. The van der Waals surface area contributed by atoms with Crippen LogP contribution in [-0.2, 0) is 11.8 Å². The minimum atomic E-state index is -0.103. The van der Waals surface area contributed by atoms with Gasteiger partial charge in [0.05, 0.1) is 22.9 Å². The fourth-order valence-corrected chi connectivity index (χ4v) is 2.70. The molecule has 0 radical (unpaired) electrons. The standard InChI is InChI=1S/C13H15BrN4O2/c1-18-7-17-11-9(14)5-16-12(10(11)13(18)19)15-4-8-2-3-20-6-8/h5,7-8H,2-4,6H2,1H3,(H,15,16). The van der Waals surface area contributed by atoms with Gasteiger partial charge in [-0.25, -0.2) is 9.97 Å². The summed E-state index contributed by atoms with van der Waals surface area (Å²) in [6.45, 7) is 2.32. The van der Waals surface area contributed by atoms with Crippen molar-refractivity contribution in [2.45, 2.75) is 6.42 Å². The fourth-order valence-electron chi connectivity index (χ4n) is 2.30. The van der Waals surface area contributed by atoms with Gasteiger partial charge in [-0.05, 0) is 22.4 Å². The van der Waals surface area contributed by atoms with Crippen LogP contribution in [0.15, 0.2) is 21.8 Å². The first-order valence-corrected chi connectivity index (χ1v) is 7.27. The maximum atomic E-state index is 12.3. The minimum Gasteiger partial charge on any atom is -0.381 e. The first-order chi connectivity index (χ1) is 9.66. The molecule has 1 saturated heterocycles. The lowest BCUT2D eigenvalue weighted by molar-refractivity contribution is 0.187. The highest BCUT2D eigenvalue weighted by Gasteiger charge is 2.17. The molecule has 1 aliphatic rings. The number of aryl methyl sites for hydroxylation is 1. The molecule has 2 aromatic heterocycles. The molecule has 1 N–H and O–H groups in total. The summed E-state index contributed by atoms with van der Waals surface area (Å²) in [6.07, 6.45) is 4.23. The fraction of sp³-hybridized carbons (Fsp3) is 0.462. The van der Waals surface area contributed by atoms with Gasteiger partial charge in [0.2, 0.25) is 0 Å². The number of hydrogen-bond donors (Lipinski definition) is 1. The van der Waals surface area contributed by atoms with Crippen LogP contribution in [0.4, 0.5) is 5.82 Å². The average molecular weight is 339 g/mol. The van der Waals surface area contributed by atoms with E-state index in [1.54, 1.807) is 13.2 Å². The van der Waals surface area contributed by atoms with E-state index in [0.717, 1.165) is 30.7 Å². The Morgan fingerprint density at radius 1 is 1.55 bits per heavy atom. The molecule has 0 spiro atoms. The molecule has 1 unspecified atom stereocenters. The topological polar surface area (TPSA) is 69.0 Å². The Bertz CT molecular complexity index is 695. The van der Waals surface area contributed by atoms with E-state index in [2.05, 4.69) is 31.2 Å². The van der Waals surface area contributed by atoms with E-state index < -0.39 is 0 Å². The molecule has 20 heavy (non-hydrogen) atoms. The molecule has 106 valence electrons. The van der Waals surface area contributed by atoms with Gasteiger partial charge in [-0.3, -0.25) is 4.79 Å². The molecular weight excluding hydrogens is 324 g/mol. The number of pyridine rings is 1. The number of fused-ring (bicyclic) bond motifs is 1. The number of rotatable bonds is 3. The Balaban J connectivity index is 1.99. The van der Waals surface area contributed by atoms with E-state index in [-0.39, 0.29) is 5.56 Å². The smallest absolute Gasteiger partial charge is 0.264 e. The molecule has 3 rings (SSSR count). The van der Waals surface area contributed by atoms with Crippen molar-refractivity contribution < 1.29 is 4.74 Å². The maximum Gasteiger partial charge on any atom is 0.264 e. The summed E-state index contributed by atoms with van der Waals surface area (Å²) >= 11 is 3.39. The third kappa shape index (κ3) is 2.43. The molecule has 3 heterocycles. The molecular formula is C13H15BrN4O2. The molecule has 1 atom stereocenters. The van der Waals surface area contributed by atoms with E-state index in [1.165, 1.54) is 10.9 Å². The summed E-state index contributed by atoms with van der Waals surface area (Å²) in [7, 11) is 1.68. The molecule has 0 aromatic carbocycles. The first-order valence-electron chi connectivity index (χ1n) is 6.48. The zero-order valence-electron chi connectivity index (χ0n) is 11.1. The molecule has 6 nitrogen and oxygen atoms in total. The van der Waals surface area contributed by atoms with E-state index >= 15 is 0 Å². The Hall–Kier alpha value is -1.47. The summed E-state index contributed by atoms with van der Waals surface area (Å²) in [5, 5.41) is 3.78. The number of anilines is 1. The molecule has 7 heteroatoms. The van der Waals surface area contributed by atoms with Gasteiger partial charge in [0.25, 0.3) is 5.56 Å². The van der Waals surface area contributed by atoms with Gasteiger partial charge in [-0.15, -0.1) is 0 Å². The lowest BCUT2D eigenvalue weighted by Gasteiger charge is -2.12. The minimum absolute atomic E-state index is 0.103. The number of nitrogens with one attached hydrogen (secondary N) is 1. The molecule has 1 aliphatic heterocycles. The van der Waals surface area contributed by atoms with E-state index in [4.69, 9.17) is 4.74 Å². The molecule has 0 bridgehead atoms. The van der Waals surface area contributed by atoms with Crippen molar-refractivity contribution in [3.8, 4) is 0 Å². The first kappa shape index (κ1) is 13.5. The van der Waals surface area contributed by atoms with Crippen LogP contribution in [0, 0.1) is 5.92 Å². The second-order valence-corrected chi connectivity index (χ2v) is 5.80. The van der Waals surface area contributed by atoms with Crippen LogP contribution in [0.5, 0.6) is 0 Å². The molecule has 0 aliphatic carbocycles. The highest BCUT2D eigenvalue weighted by Crippen LogP contribution is 2.24. The van der Waals surface area contributed by atoms with Gasteiger partial charge < -0.3 is 14.6 Å². The number of nitrogens with zero attached hydrogens (tertiary/aromatic N) is 3. The van der Waals surface area contributed by atoms with Crippen LogP contribution < -0.4 is 10.9 Å². The highest BCUT2D eigenvalue weighted by molar-refractivity contribution is 9.10. The molecule has 2 aromatic rings. The van der Waals surface area contributed by atoms with Crippen molar-refractivity contribution in [1.29, 1.82) is 0 Å². The largest absolute Gasteiger partial charge is 0.381 e. The van der Waals surface area contributed by atoms with Crippen LogP contribution >= 0.6 is 15.9 Å². The lowest BCUT2D eigenvalue weighted by Crippen LogP contribution is -2.21. The third-order valence-electron chi connectivity index (χ3n) is 3.48. The van der Waals surface area contributed by atoms with E-state index in [9.17, 15) is 4.79 Å². The van der Waals surface area contributed by atoms with Gasteiger partial charge in [0, 0.05) is 32.3 Å². The number of aromatic nitrogens is 3. The normalized spacial score (nSPS) is 18.6. The molecule has 1 fully saturated rings. The number of ether oxygens (including phenoxy) is 1. The van der Waals surface area contributed by atoms with Gasteiger partial charge >= 0.3 is 0 Å². The zero-order valence-corrected chi connectivity index (χ0v) is 12.7. The summed E-state index contributed by atoms with van der Waals surface area (Å²) < 4.78 is 7.53. The van der Waals surface area contributed by atoms with Gasteiger partial charge in [0.1, 0.15) is 11.2 Å². The van der Waals surface area contributed by atoms with Gasteiger partial charge in [0.15, 0.2) is 0 Å². The van der Waals surface area contributed by atoms with Crippen molar-refractivity contribution in [1.82, 2.24) is 14.5 Å². The van der Waals surface area contributed by atoms with Crippen molar-refractivity contribution in [3.63, 3.8) is 0 Å². The Morgan fingerprint density at radius 2 is 2.40 bits per heavy atom. The van der Waals surface area contributed by atoms with E-state index in [0.29, 0.717) is 22.6 Å². The summed E-state index contributed by atoms with van der Waals surface area (Å²) in [5.74, 6) is 1.06. The SMILES string of the molecule is Cn1cnc2c(Br)cnc(NCC3CCOC3)c2c1=O. The predicted molar refractivity (Wildman–Crippen MR) is 79.9 cm³/mol. The van der Waals surface area contributed by atoms with Crippen LogP contribution in [0.3, 0.4) is 0 Å². The van der Waals surface area contributed by atoms with Crippen LogP contribution in [-0.4, -0.2) is 34.3 Å². The third-order valence-corrected chi connectivity index (χ3v) is 4.06. The molecule has 0 amide bonds. The lowest BCUT2D eigenvalue weighted by atomic mass is 10.1. The van der Waals surface area contributed by atoms with Crippen LogP contribution in [0.1, 0.15) is 6.42 Å². The quantitative estimate of drug-likeness (QED) is 0.919. The van der Waals surface area contributed by atoms with Crippen LogP contribution in [0.2, 0.25) is 0 Å². The van der Waals surface area contributed by atoms with Crippen molar-refractivity contribution in [3.05, 3.63) is 27.4 Å². The van der Waals surface area contributed by atoms with Crippen molar-refractivity contribution in [2.24, 2.45) is 13.0 Å². The molecule has 0 saturated carbocycles.